The zero-order valence-electron chi connectivity index (χ0n) is 16.1. The monoisotopic (exact) mass is 499 g/mol. The van der Waals surface area contributed by atoms with Crippen LogP contribution in [-0.2, 0) is 6.54 Å². The van der Waals surface area contributed by atoms with E-state index >= 15 is 0 Å². The van der Waals surface area contributed by atoms with Gasteiger partial charge in [0.05, 0.1) is 18.3 Å². The highest BCUT2D eigenvalue weighted by molar-refractivity contribution is 14.0. The van der Waals surface area contributed by atoms with Crippen LogP contribution < -0.4 is 10.6 Å². The van der Waals surface area contributed by atoms with Gasteiger partial charge in [0.25, 0.3) is 0 Å². The molecule has 1 fully saturated rings. The smallest absolute Gasteiger partial charge is 0.191 e. The number of rotatable bonds is 7. The Labute approximate surface area is 183 Å². The Kier molecular flexibility index (Phi) is 9.50. The van der Waals surface area contributed by atoms with E-state index in [9.17, 15) is 0 Å². The van der Waals surface area contributed by atoms with Gasteiger partial charge in [-0.2, -0.15) is 0 Å². The number of hydrogen-bond donors (Lipinski definition) is 2. The van der Waals surface area contributed by atoms with Crippen molar-refractivity contribution in [1.29, 1.82) is 0 Å². The number of pyridine rings is 1. The molecule has 1 saturated heterocycles. The van der Waals surface area contributed by atoms with E-state index in [4.69, 9.17) is 4.99 Å². The molecule has 0 spiro atoms. The van der Waals surface area contributed by atoms with Gasteiger partial charge in [-0.25, -0.2) is 4.99 Å². The molecule has 2 aromatic heterocycles. The maximum atomic E-state index is 4.74. The number of nitrogens with zero attached hydrogens (tertiary/aromatic N) is 3. The molecule has 0 bridgehead atoms. The second kappa shape index (κ2) is 11.6. The minimum atomic E-state index is 0. The van der Waals surface area contributed by atoms with Crippen LogP contribution in [-0.4, -0.2) is 42.0 Å². The predicted molar refractivity (Wildman–Crippen MR) is 125 cm³/mol. The SMILES string of the molecule is CCNC(=NCc1ncccc1C)NCC(c1cccs1)N1CCCC1.I. The van der Waals surface area contributed by atoms with Gasteiger partial charge in [-0.1, -0.05) is 12.1 Å². The van der Waals surface area contributed by atoms with Crippen molar-refractivity contribution in [2.45, 2.75) is 39.3 Å². The Balaban J connectivity index is 0.00000261. The average Bonchev–Trinajstić information content (AvgIpc) is 3.35. The first-order chi connectivity index (χ1) is 12.8. The first-order valence-electron chi connectivity index (χ1n) is 9.48. The number of thiophene rings is 1. The topological polar surface area (TPSA) is 52.6 Å². The van der Waals surface area contributed by atoms with Crippen LogP contribution in [0, 0.1) is 6.92 Å². The molecule has 27 heavy (non-hydrogen) atoms. The molecule has 0 aliphatic carbocycles. The van der Waals surface area contributed by atoms with E-state index in [1.165, 1.54) is 36.4 Å². The molecule has 5 nitrogen and oxygen atoms in total. The Morgan fingerprint density at radius 2 is 2.07 bits per heavy atom. The highest BCUT2D eigenvalue weighted by atomic mass is 127. The van der Waals surface area contributed by atoms with Crippen molar-refractivity contribution in [3.05, 3.63) is 52.0 Å². The van der Waals surface area contributed by atoms with Gasteiger partial charge < -0.3 is 10.6 Å². The molecule has 0 saturated carbocycles. The summed E-state index contributed by atoms with van der Waals surface area (Å²) >= 11 is 1.84. The zero-order valence-corrected chi connectivity index (χ0v) is 19.3. The second-order valence-electron chi connectivity index (χ2n) is 6.62. The van der Waals surface area contributed by atoms with Crippen molar-refractivity contribution in [3.8, 4) is 0 Å². The first kappa shape index (κ1) is 22.1. The lowest BCUT2D eigenvalue weighted by Crippen LogP contribution is -2.42. The van der Waals surface area contributed by atoms with Crippen LogP contribution in [0.15, 0.2) is 40.8 Å². The van der Waals surface area contributed by atoms with E-state index in [2.05, 4.69) is 57.9 Å². The zero-order chi connectivity index (χ0) is 18.2. The lowest BCUT2D eigenvalue weighted by atomic mass is 10.2. The summed E-state index contributed by atoms with van der Waals surface area (Å²) in [5.74, 6) is 0.860. The summed E-state index contributed by atoms with van der Waals surface area (Å²) in [6, 6.07) is 8.85. The van der Waals surface area contributed by atoms with Gasteiger partial charge in [0.15, 0.2) is 5.96 Å². The molecule has 2 N–H and O–H groups in total. The number of nitrogens with one attached hydrogen (secondary N) is 2. The number of guanidine groups is 1. The molecule has 3 heterocycles. The summed E-state index contributed by atoms with van der Waals surface area (Å²) in [4.78, 5) is 13.2. The number of likely N-dealkylation sites (tertiary alicyclic amines) is 1. The Morgan fingerprint density at radius 3 is 2.74 bits per heavy atom. The third-order valence-electron chi connectivity index (χ3n) is 4.76. The van der Waals surface area contributed by atoms with Crippen LogP contribution in [0.25, 0.3) is 0 Å². The van der Waals surface area contributed by atoms with Crippen molar-refractivity contribution in [3.63, 3.8) is 0 Å². The standard InChI is InChI=1S/C20H29N5S.HI/c1-3-21-20(23-14-17-16(2)8-6-10-22-17)24-15-18(19-9-7-13-26-19)25-11-4-5-12-25;/h6-10,13,18H,3-5,11-12,14-15H2,1-2H3,(H2,21,23,24);1H. The second-order valence-corrected chi connectivity index (χ2v) is 7.60. The van der Waals surface area contributed by atoms with Crippen LogP contribution in [0.5, 0.6) is 0 Å². The highest BCUT2D eigenvalue weighted by Gasteiger charge is 2.24. The molecular weight excluding hydrogens is 469 g/mol. The number of aliphatic imine (C=N–C) groups is 1. The van der Waals surface area contributed by atoms with Gasteiger partial charge in [-0.15, -0.1) is 35.3 Å². The van der Waals surface area contributed by atoms with Crippen molar-refractivity contribution in [1.82, 2.24) is 20.5 Å². The minimum Gasteiger partial charge on any atom is -0.357 e. The molecule has 1 atom stereocenters. The Hall–Kier alpha value is -1.19. The van der Waals surface area contributed by atoms with E-state index in [1.807, 2.05) is 23.6 Å². The molecule has 0 aromatic carbocycles. The first-order valence-corrected chi connectivity index (χ1v) is 10.4. The fourth-order valence-electron chi connectivity index (χ4n) is 3.32. The third kappa shape index (κ3) is 6.43. The average molecular weight is 499 g/mol. The predicted octanol–water partition coefficient (Wildman–Crippen LogP) is 3.96. The molecule has 0 radical (unpaired) electrons. The normalized spacial score (nSPS) is 16.0. The van der Waals surface area contributed by atoms with Gasteiger partial charge in [-0.3, -0.25) is 9.88 Å². The summed E-state index contributed by atoms with van der Waals surface area (Å²) in [5.41, 5.74) is 2.21. The Morgan fingerprint density at radius 1 is 1.26 bits per heavy atom. The van der Waals surface area contributed by atoms with Crippen LogP contribution >= 0.6 is 35.3 Å². The van der Waals surface area contributed by atoms with E-state index in [0.717, 1.165) is 24.7 Å². The van der Waals surface area contributed by atoms with Crippen molar-refractivity contribution in [2.75, 3.05) is 26.2 Å². The maximum absolute atomic E-state index is 4.74. The summed E-state index contributed by atoms with van der Waals surface area (Å²) in [6.45, 7) is 8.86. The van der Waals surface area contributed by atoms with Gasteiger partial charge in [0.2, 0.25) is 0 Å². The molecule has 1 unspecified atom stereocenters. The number of halogens is 1. The van der Waals surface area contributed by atoms with E-state index < -0.39 is 0 Å². The van der Waals surface area contributed by atoms with E-state index in [-0.39, 0.29) is 24.0 Å². The van der Waals surface area contributed by atoms with Crippen LogP contribution in [0.3, 0.4) is 0 Å². The van der Waals surface area contributed by atoms with E-state index in [1.54, 1.807) is 0 Å². The van der Waals surface area contributed by atoms with Crippen LogP contribution in [0.2, 0.25) is 0 Å². The molecule has 1 aliphatic heterocycles. The lowest BCUT2D eigenvalue weighted by Gasteiger charge is -2.27. The lowest BCUT2D eigenvalue weighted by molar-refractivity contribution is 0.249. The third-order valence-corrected chi connectivity index (χ3v) is 5.74. The van der Waals surface area contributed by atoms with Crippen molar-refractivity contribution >= 4 is 41.3 Å². The van der Waals surface area contributed by atoms with Gasteiger partial charge in [-0.05, 0) is 62.9 Å². The maximum Gasteiger partial charge on any atom is 0.191 e. The van der Waals surface area contributed by atoms with Crippen LogP contribution in [0.4, 0.5) is 0 Å². The quantitative estimate of drug-likeness (QED) is 0.344. The number of aromatic nitrogens is 1. The van der Waals surface area contributed by atoms with Crippen molar-refractivity contribution < 1.29 is 0 Å². The summed E-state index contributed by atoms with van der Waals surface area (Å²) in [5, 5.41) is 9.08. The Bertz CT molecular complexity index is 698. The summed E-state index contributed by atoms with van der Waals surface area (Å²) < 4.78 is 0. The van der Waals surface area contributed by atoms with Crippen molar-refractivity contribution in [2.24, 2.45) is 4.99 Å². The fourth-order valence-corrected chi connectivity index (χ4v) is 4.18. The molecule has 7 heteroatoms. The van der Waals surface area contributed by atoms with Gasteiger partial charge >= 0.3 is 0 Å². The molecule has 1 aliphatic rings. The molecule has 148 valence electrons. The summed E-state index contributed by atoms with van der Waals surface area (Å²) in [6.07, 6.45) is 4.43. The molecule has 0 amide bonds. The largest absolute Gasteiger partial charge is 0.357 e. The van der Waals surface area contributed by atoms with Crippen LogP contribution in [0.1, 0.15) is 41.9 Å². The minimum absolute atomic E-state index is 0. The highest BCUT2D eigenvalue weighted by Crippen LogP contribution is 2.27. The van der Waals surface area contributed by atoms with E-state index in [0.29, 0.717) is 12.6 Å². The van der Waals surface area contributed by atoms with Gasteiger partial charge in [0.1, 0.15) is 0 Å². The summed E-state index contributed by atoms with van der Waals surface area (Å²) in [7, 11) is 0. The fraction of sp³-hybridized carbons (Fsp3) is 0.500. The molecule has 2 aromatic rings. The number of hydrogen-bond acceptors (Lipinski definition) is 4. The van der Waals surface area contributed by atoms with Gasteiger partial charge in [0, 0.05) is 24.2 Å². The number of aryl methyl sites for hydroxylation is 1. The molecule has 3 rings (SSSR count). The molecular formula is C20H30IN5S.